The fraction of sp³-hybridized carbons (Fsp3) is 0.947. The van der Waals surface area contributed by atoms with Crippen LogP contribution in [-0.4, -0.2) is 74.3 Å². The van der Waals surface area contributed by atoms with E-state index in [1.54, 1.807) is 0 Å². The highest BCUT2D eigenvalue weighted by molar-refractivity contribution is 5.80. The zero-order valence-corrected chi connectivity index (χ0v) is 15.6. The number of guanidine groups is 1. The normalized spacial score (nSPS) is 35.8. The quantitative estimate of drug-likeness (QED) is 0.631. The third-order valence-electron chi connectivity index (χ3n) is 6.83. The lowest BCUT2D eigenvalue weighted by Crippen LogP contribution is -2.73. The fourth-order valence-electron chi connectivity index (χ4n) is 5.55. The van der Waals surface area contributed by atoms with Gasteiger partial charge in [0.15, 0.2) is 5.96 Å². The third-order valence-corrected chi connectivity index (χ3v) is 6.83. The maximum absolute atomic E-state index is 6.05. The van der Waals surface area contributed by atoms with Gasteiger partial charge in [0.25, 0.3) is 0 Å². The summed E-state index contributed by atoms with van der Waals surface area (Å²) in [6.45, 7) is 11.3. The second kappa shape index (κ2) is 6.49. The molecule has 3 atom stereocenters. The molecular weight excluding hydrogens is 300 g/mol. The molecule has 4 rings (SSSR count). The summed E-state index contributed by atoms with van der Waals surface area (Å²) >= 11 is 0. The van der Waals surface area contributed by atoms with Crippen LogP contribution in [0.1, 0.15) is 39.5 Å². The van der Waals surface area contributed by atoms with E-state index < -0.39 is 0 Å². The van der Waals surface area contributed by atoms with Crippen LogP contribution >= 0.6 is 0 Å². The van der Waals surface area contributed by atoms with Crippen molar-refractivity contribution in [3.8, 4) is 0 Å². The van der Waals surface area contributed by atoms with Gasteiger partial charge in [0, 0.05) is 63.8 Å². The monoisotopic (exact) mass is 334 g/mol. The molecule has 0 amide bonds. The number of nitrogens with zero attached hydrogens (tertiary/aromatic N) is 3. The molecule has 2 saturated carbocycles. The molecule has 136 valence electrons. The summed E-state index contributed by atoms with van der Waals surface area (Å²) in [7, 11) is 1.94. The largest absolute Gasteiger partial charge is 0.377 e. The van der Waals surface area contributed by atoms with Crippen molar-refractivity contribution in [2.24, 2.45) is 22.2 Å². The van der Waals surface area contributed by atoms with Gasteiger partial charge in [-0.15, -0.1) is 0 Å². The standard InChI is InChI=1S/C19H34N4O/c1-14(2)13-22-8-10-23(11-9-22)18(20-3)21-16-15-5-12-24-17(15)19(16)6-4-7-19/h14-17H,4-13H2,1-3H3,(H,20,21). The average Bonchev–Trinajstić information content (AvgIpc) is 2.92. The Morgan fingerprint density at radius 2 is 2.00 bits per heavy atom. The summed E-state index contributed by atoms with van der Waals surface area (Å²) in [5.41, 5.74) is 0.427. The molecule has 5 nitrogen and oxygen atoms in total. The molecule has 2 saturated heterocycles. The second-order valence-electron chi connectivity index (χ2n) is 8.68. The highest BCUT2D eigenvalue weighted by Crippen LogP contribution is 2.62. The maximum Gasteiger partial charge on any atom is 0.193 e. The van der Waals surface area contributed by atoms with Crippen LogP contribution in [0.4, 0.5) is 0 Å². The van der Waals surface area contributed by atoms with Gasteiger partial charge in [0.05, 0.1) is 6.10 Å². The van der Waals surface area contributed by atoms with E-state index in [1.165, 1.54) is 32.2 Å². The van der Waals surface area contributed by atoms with Gasteiger partial charge in [0.1, 0.15) is 0 Å². The zero-order valence-electron chi connectivity index (χ0n) is 15.6. The molecule has 0 aromatic carbocycles. The number of fused-ring (bicyclic) bond motifs is 2. The van der Waals surface area contributed by atoms with Gasteiger partial charge in [-0.3, -0.25) is 9.89 Å². The van der Waals surface area contributed by atoms with Crippen LogP contribution in [0.2, 0.25) is 0 Å². The number of aliphatic imine (C=N–C) groups is 1. The van der Waals surface area contributed by atoms with E-state index in [4.69, 9.17) is 4.74 Å². The first-order chi connectivity index (χ1) is 11.6. The van der Waals surface area contributed by atoms with E-state index in [9.17, 15) is 0 Å². The van der Waals surface area contributed by atoms with Crippen molar-refractivity contribution in [3.05, 3.63) is 0 Å². The van der Waals surface area contributed by atoms with Crippen molar-refractivity contribution < 1.29 is 4.74 Å². The average molecular weight is 335 g/mol. The van der Waals surface area contributed by atoms with E-state index in [1.807, 2.05) is 7.05 Å². The second-order valence-corrected chi connectivity index (χ2v) is 8.68. The molecule has 2 aliphatic heterocycles. The van der Waals surface area contributed by atoms with Gasteiger partial charge in [-0.1, -0.05) is 20.3 Å². The predicted octanol–water partition coefficient (Wildman–Crippen LogP) is 1.79. The molecular formula is C19H34N4O. The lowest BCUT2D eigenvalue weighted by molar-refractivity contribution is -0.171. The highest BCUT2D eigenvalue weighted by Gasteiger charge is 2.66. The Morgan fingerprint density at radius 1 is 1.25 bits per heavy atom. The molecule has 5 heteroatoms. The maximum atomic E-state index is 6.05. The minimum atomic E-state index is 0.427. The number of nitrogens with one attached hydrogen (secondary N) is 1. The van der Waals surface area contributed by atoms with Crippen molar-refractivity contribution in [1.82, 2.24) is 15.1 Å². The summed E-state index contributed by atoms with van der Waals surface area (Å²) < 4.78 is 6.05. The van der Waals surface area contributed by atoms with Crippen molar-refractivity contribution in [2.75, 3.05) is 46.4 Å². The molecule has 4 aliphatic rings. The number of piperazine rings is 1. The number of rotatable bonds is 3. The predicted molar refractivity (Wildman–Crippen MR) is 97.3 cm³/mol. The van der Waals surface area contributed by atoms with E-state index in [2.05, 4.69) is 34.0 Å². The van der Waals surface area contributed by atoms with E-state index >= 15 is 0 Å². The van der Waals surface area contributed by atoms with E-state index in [0.29, 0.717) is 23.5 Å². The van der Waals surface area contributed by atoms with Crippen molar-refractivity contribution >= 4 is 5.96 Å². The molecule has 4 fully saturated rings. The van der Waals surface area contributed by atoms with Gasteiger partial charge in [0.2, 0.25) is 0 Å². The topological polar surface area (TPSA) is 40.1 Å². The minimum absolute atomic E-state index is 0.427. The van der Waals surface area contributed by atoms with Crippen LogP contribution in [0.3, 0.4) is 0 Å². The fourth-order valence-corrected chi connectivity index (χ4v) is 5.55. The molecule has 3 unspecified atom stereocenters. The summed E-state index contributed by atoms with van der Waals surface area (Å²) in [6.07, 6.45) is 5.81. The molecule has 0 bridgehead atoms. The Morgan fingerprint density at radius 3 is 2.58 bits per heavy atom. The first-order valence-corrected chi connectivity index (χ1v) is 9.96. The summed E-state index contributed by atoms with van der Waals surface area (Å²) in [4.78, 5) is 9.68. The number of ether oxygens (including phenoxy) is 1. The van der Waals surface area contributed by atoms with Crippen LogP contribution in [0.25, 0.3) is 0 Å². The van der Waals surface area contributed by atoms with Gasteiger partial charge in [-0.05, 0) is 25.2 Å². The smallest absolute Gasteiger partial charge is 0.193 e. The van der Waals surface area contributed by atoms with Gasteiger partial charge < -0.3 is 15.0 Å². The molecule has 2 heterocycles. The van der Waals surface area contributed by atoms with E-state index in [-0.39, 0.29) is 0 Å². The zero-order chi connectivity index (χ0) is 16.7. The van der Waals surface area contributed by atoms with Gasteiger partial charge in [-0.2, -0.15) is 0 Å². The Kier molecular flexibility index (Phi) is 4.50. The molecule has 0 radical (unpaired) electrons. The number of hydrogen-bond acceptors (Lipinski definition) is 3. The van der Waals surface area contributed by atoms with Crippen LogP contribution in [0.5, 0.6) is 0 Å². The lowest BCUT2D eigenvalue weighted by Gasteiger charge is -2.63. The Hall–Kier alpha value is -0.810. The molecule has 1 spiro atoms. The highest BCUT2D eigenvalue weighted by atomic mass is 16.5. The molecule has 2 aliphatic carbocycles. The van der Waals surface area contributed by atoms with Crippen LogP contribution in [0.15, 0.2) is 4.99 Å². The minimum Gasteiger partial charge on any atom is -0.377 e. The first kappa shape index (κ1) is 16.6. The van der Waals surface area contributed by atoms with Crippen molar-refractivity contribution in [1.29, 1.82) is 0 Å². The third kappa shape index (κ3) is 2.64. The lowest BCUT2D eigenvalue weighted by atomic mass is 9.46. The van der Waals surface area contributed by atoms with Crippen molar-refractivity contribution in [2.45, 2.75) is 51.7 Å². The van der Waals surface area contributed by atoms with Crippen molar-refractivity contribution in [3.63, 3.8) is 0 Å². The summed E-state index contributed by atoms with van der Waals surface area (Å²) in [5, 5.41) is 3.87. The molecule has 24 heavy (non-hydrogen) atoms. The Labute approximate surface area is 146 Å². The molecule has 0 aromatic rings. The number of hydrogen-bond donors (Lipinski definition) is 1. The van der Waals surface area contributed by atoms with E-state index in [0.717, 1.165) is 44.7 Å². The Bertz CT molecular complexity index is 480. The van der Waals surface area contributed by atoms with Crippen LogP contribution < -0.4 is 5.32 Å². The summed E-state index contributed by atoms with van der Waals surface area (Å²) in [6, 6.07) is 0.589. The van der Waals surface area contributed by atoms with Gasteiger partial charge >= 0.3 is 0 Å². The Balaban J connectivity index is 1.35. The SMILES string of the molecule is CN=C(NC1C2CCOC2C12CCC2)N1CCN(CC(C)C)CC1. The van der Waals surface area contributed by atoms with Crippen LogP contribution in [-0.2, 0) is 4.74 Å². The van der Waals surface area contributed by atoms with Gasteiger partial charge in [-0.25, -0.2) is 0 Å². The summed E-state index contributed by atoms with van der Waals surface area (Å²) in [5.74, 6) is 2.59. The molecule has 0 aromatic heterocycles. The molecule has 1 N–H and O–H groups in total. The first-order valence-electron chi connectivity index (χ1n) is 9.96. The van der Waals surface area contributed by atoms with Crippen LogP contribution in [0, 0.1) is 17.3 Å².